The van der Waals surface area contributed by atoms with Gasteiger partial charge in [-0.1, -0.05) is 6.58 Å². The summed E-state index contributed by atoms with van der Waals surface area (Å²) in [7, 11) is 0. The van der Waals surface area contributed by atoms with E-state index in [4.69, 9.17) is 10.00 Å². The van der Waals surface area contributed by atoms with E-state index in [9.17, 15) is 19.2 Å². The minimum Gasteiger partial charge on any atom is -0.460 e. The fourth-order valence-corrected chi connectivity index (χ4v) is 2.36. The predicted octanol–water partition coefficient (Wildman–Crippen LogP) is 0.929. The van der Waals surface area contributed by atoms with Gasteiger partial charge in [0, 0.05) is 33.8 Å². The van der Waals surface area contributed by atoms with E-state index in [0.29, 0.717) is 0 Å². The number of esters is 1. The summed E-state index contributed by atoms with van der Waals surface area (Å²) in [4.78, 5) is 48.3. The highest BCUT2D eigenvalue weighted by Gasteiger charge is 2.56. The molecule has 0 radical (unpaired) electrons. The van der Waals surface area contributed by atoms with Crippen LogP contribution in [0.2, 0.25) is 0 Å². The van der Waals surface area contributed by atoms with Crippen LogP contribution in [0.1, 0.15) is 34.1 Å². The maximum atomic E-state index is 12.5. The largest absolute Gasteiger partial charge is 0.460 e. The van der Waals surface area contributed by atoms with Crippen molar-refractivity contribution in [3.63, 3.8) is 0 Å². The average Bonchev–Trinajstić information content (AvgIpc) is 2.44. The monoisotopic (exact) mass is 323 g/mol. The number of ketones is 2. The number of Topliss-reactive ketones (excluding diaryl/α,β-unsaturated/α-hetero) is 2. The van der Waals surface area contributed by atoms with Gasteiger partial charge in [0.2, 0.25) is 0 Å². The van der Waals surface area contributed by atoms with Crippen LogP contribution in [0.5, 0.6) is 0 Å². The molecular weight excluding hydrogens is 300 g/mol. The van der Waals surface area contributed by atoms with Gasteiger partial charge in [0.25, 0.3) is 0 Å². The van der Waals surface area contributed by atoms with Crippen LogP contribution < -0.4 is 0 Å². The van der Waals surface area contributed by atoms with E-state index in [1.165, 1.54) is 27.7 Å². The van der Waals surface area contributed by atoms with Gasteiger partial charge < -0.3 is 4.74 Å². The molecule has 7 nitrogen and oxygen atoms in total. The molecule has 0 rings (SSSR count). The summed E-state index contributed by atoms with van der Waals surface area (Å²) in [6, 6.07) is 1.84. The normalized spacial score (nSPS) is 11.3. The molecular formula is C16H23N2O5+. The van der Waals surface area contributed by atoms with Crippen LogP contribution >= 0.6 is 0 Å². The second kappa shape index (κ2) is 8.34. The Morgan fingerprint density at radius 2 is 1.65 bits per heavy atom. The first-order chi connectivity index (χ1) is 10.5. The lowest BCUT2D eigenvalue weighted by Gasteiger charge is -2.44. The van der Waals surface area contributed by atoms with Crippen LogP contribution in [0.25, 0.3) is 0 Å². The van der Waals surface area contributed by atoms with Crippen molar-refractivity contribution in [2.45, 2.75) is 39.7 Å². The van der Waals surface area contributed by atoms with Gasteiger partial charge in [-0.15, -0.1) is 0 Å². The fraction of sp³-hybridized carbons (Fsp3) is 0.562. The third-order valence-electron chi connectivity index (χ3n) is 3.60. The molecule has 0 aromatic heterocycles. The maximum absolute atomic E-state index is 12.5. The molecule has 0 saturated heterocycles. The molecule has 0 fully saturated rings. The molecule has 0 atom stereocenters. The topological polar surface area (TPSA) is 101 Å². The molecule has 0 spiro atoms. The maximum Gasteiger partial charge on any atom is 0.368 e. The first-order valence-corrected chi connectivity index (χ1v) is 7.12. The number of carbonyl (C=O) groups excluding carboxylic acids is 4. The molecule has 1 amide bonds. The van der Waals surface area contributed by atoms with Crippen molar-refractivity contribution in [1.82, 2.24) is 0 Å². The molecule has 0 aliphatic heterocycles. The minimum atomic E-state index is -1.49. The van der Waals surface area contributed by atoms with Crippen LogP contribution in [0.3, 0.4) is 0 Å². The molecule has 0 saturated carbocycles. The Labute approximate surface area is 136 Å². The Kier molecular flexibility index (Phi) is 7.50. The summed E-state index contributed by atoms with van der Waals surface area (Å²) < 4.78 is 4.31. The van der Waals surface area contributed by atoms with Gasteiger partial charge >= 0.3 is 11.9 Å². The number of nitrogens with zero attached hydrogens (tertiary/aromatic N) is 2. The van der Waals surface area contributed by atoms with E-state index < -0.39 is 21.9 Å². The highest BCUT2D eigenvalue weighted by molar-refractivity contribution is 5.91. The van der Waals surface area contributed by atoms with Crippen molar-refractivity contribution in [3.05, 3.63) is 12.7 Å². The van der Waals surface area contributed by atoms with E-state index in [0.717, 1.165) is 6.08 Å². The highest BCUT2D eigenvalue weighted by atomic mass is 16.5. The summed E-state index contributed by atoms with van der Waals surface area (Å²) >= 11 is 0. The van der Waals surface area contributed by atoms with Gasteiger partial charge in [0.05, 0.1) is 12.5 Å². The molecule has 0 aliphatic carbocycles. The first kappa shape index (κ1) is 20.7. The predicted molar refractivity (Wildman–Crippen MR) is 81.8 cm³/mol. The smallest absolute Gasteiger partial charge is 0.368 e. The molecule has 0 heterocycles. The van der Waals surface area contributed by atoms with Crippen molar-refractivity contribution in [3.8, 4) is 6.07 Å². The van der Waals surface area contributed by atoms with Crippen molar-refractivity contribution in [2.24, 2.45) is 0 Å². The molecule has 0 aromatic carbocycles. The van der Waals surface area contributed by atoms with Gasteiger partial charge in [0.15, 0.2) is 17.1 Å². The third-order valence-corrected chi connectivity index (χ3v) is 3.60. The minimum absolute atomic E-state index is 0.0106. The number of nitriles is 1. The van der Waals surface area contributed by atoms with Crippen LogP contribution in [-0.2, 0) is 23.9 Å². The summed E-state index contributed by atoms with van der Waals surface area (Å²) in [5.41, 5.74) is -1.49. The molecule has 7 heteroatoms. The zero-order chi connectivity index (χ0) is 18.3. The van der Waals surface area contributed by atoms with Crippen molar-refractivity contribution in [1.29, 1.82) is 5.26 Å². The van der Waals surface area contributed by atoms with Crippen LogP contribution in [-0.4, -0.2) is 53.2 Å². The zero-order valence-corrected chi connectivity index (χ0v) is 14.0. The van der Waals surface area contributed by atoms with Crippen molar-refractivity contribution in [2.75, 3.05) is 19.7 Å². The van der Waals surface area contributed by atoms with Crippen molar-refractivity contribution < 1.29 is 28.4 Å². The van der Waals surface area contributed by atoms with E-state index in [-0.39, 0.29) is 37.7 Å². The van der Waals surface area contributed by atoms with E-state index in [1.807, 2.05) is 6.07 Å². The summed E-state index contributed by atoms with van der Waals surface area (Å²) in [6.45, 7) is 8.06. The van der Waals surface area contributed by atoms with Gasteiger partial charge in [-0.25, -0.2) is 14.1 Å². The van der Waals surface area contributed by atoms with Crippen LogP contribution in [0.4, 0.5) is 0 Å². The molecule has 0 aliphatic rings. The van der Waals surface area contributed by atoms with Gasteiger partial charge in [0.1, 0.15) is 19.7 Å². The Morgan fingerprint density at radius 3 is 2.00 bits per heavy atom. The lowest BCUT2D eigenvalue weighted by Crippen LogP contribution is -2.70. The van der Waals surface area contributed by atoms with Gasteiger partial charge in [-0.05, 0) is 0 Å². The Hall–Kier alpha value is -2.33. The van der Waals surface area contributed by atoms with E-state index in [1.54, 1.807) is 0 Å². The molecule has 0 unspecified atom stereocenters. The number of hydrogen-bond donors (Lipinski definition) is 0. The van der Waals surface area contributed by atoms with Gasteiger partial charge in [-0.2, -0.15) is 5.26 Å². The fourth-order valence-electron chi connectivity index (χ4n) is 2.36. The summed E-state index contributed by atoms with van der Waals surface area (Å²) in [6.07, 6.45) is 1.01. The molecule has 23 heavy (non-hydrogen) atoms. The average molecular weight is 323 g/mol. The Balaban J connectivity index is 5.95. The molecule has 0 aromatic rings. The third kappa shape index (κ3) is 4.83. The summed E-state index contributed by atoms with van der Waals surface area (Å²) in [5.74, 6) is -2.07. The van der Waals surface area contributed by atoms with E-state index in [2.05, 4.69) is 6.58 Å². The number of amides is 1. The first-order valence-electron chi connectivity index (χ1n) is 7.12. The summed E-state index contributed by atoms with van der Waals surface area (Å²) in [5, 5.41) is 8.50. The lowest BCUT2D eigenvalue weighted by atomic mass is 9.96. The second-order valence-corrected chi connectivity index (χ2v) is 5.83. The molecule has 126 valence electrons. The molecule has 0 N–H and O–H groups in total. The SMILES string of the molecule is C=CC(=O)[N+](CC(C)=O)(CC(C)=O)C(C)(C)C(=O)OCCC#N. The van der Waals surface area contributed by atoms with Crippen molar-refractivity contribution >= 4 is 23.4 Å². The van der Waals surface area contributed by atoms with E-state index >= 15 is 0 Å². The quantitative estimate of drug-likeness (QED) is 0.271. The Morgan fingerprint density at radius 1 is 1.17 bits per heavy atom. The Bertz CT molecular complexity index is 541. The number of quaternary nitrogens is 1. The van der Waals surface area contributed by atoms with Crippen LogP contribution in [0, 0.1) is 11.3 Å². The number of hydrogen-bond acceptors (Lipinski definition) is 6. The lowest BCUT2D eigenvalue weighted by molar-refractivity contribution is -0.875. The number of ether oxygens (including phenoxy) is 1. The standard InChI is InChI=1S/C16H23N2O5/c1-6-14(21)18(10-12(2)19,11-13(3)20)16(4,5)15(22)23-9-7-8-17/h6H,1,7,9-11H2,2-5H3/q+1. The highest BCUT2D eigenvalue weighted by Crippen LogP contribution is 2.28. The second-order valence-electron chi connectivity index (χ2n) is 5.83. The number of rotatable bonds is 9. The van der Waals surface area contributed by atoms with Gasteiger partial charge in [-0.3, -0.25) is 9.59 Å². The molecule has 0 bridgehead atoms. The van der Waals surface area contributed by atoms with Crippen LogP contribution in [0.15, 0.2) is 12.7 Å². The number of carbonyl (C=O) groups is 4. The zero-order valence-electron chi connectivity index (χ0n) is 14.0.